The number of hydroxylamine groups is 1. The highest BCUT2D eigenvalue weighted by atomic mass is 16.5. The number of rotatable bonds is 4. The molecule has 52 valence electrons. The van der Waals surface area contributed by atoms with E-state index in [0.29, 0.717) is 12.3 Å². The van der Waals surface area contributed by atoms with Crippen LogP contribution < -0.4 is 5.48 Å². The minimum absolute atomic E-state index is 0.308. The summed E-state index contributed by atoms with van der Waals surface area (Å²) in [6.07, 6.45) is 3.05. The van der Waals surface area contributed by atoms with Crippen LogP contribution in [0.5, 0.6) is 0 Å². The van der Waals surface area contributed by atoms with Crippen molar-refractivity contribution in [3.8, 4) is 0 Å². The number of allylic oxidation sites excluding steroid dienone is 1. The van der Waals surface area contributed by atoms with Crippen molar-refractivity contribution >= 4 is 0 Å². The highest BCUT2D eigenvalue weighted by Gasteiger charge is 1.89. The standard InChI is InChI=1S/C6H11NO2/c1-3-6(5-7-8)9-4-2/h3-4,7-8H,2,5H2,1H3/b6-3-. The molecule has 0 aromatic rings. The molecule has 0 saturated heterocycles. The number of ether oxygens (including phenoxy) is 1. The third-order valence-corrected chi connectivity index (χ3v) is 0.810. The summed E-state index contributed by atoms with van der Waals surface area (Å²) >= 11 is 0. The first-order valence-corrected chi connectivity index (χ1v) is 2.64. The van der Waals surface area contributed by atoms with Crippen LogP contribution in [0.1, 0.15) is 6.92 Å². The summed E-state index contributed by atoms with van der Waals surface area (Å²) in [7, 11) is 0. The fourth-order valence-corrected chi connectivity index (χ4v) is 0.397. The van der Waals surface area contributed by atoms with E-state index in [1.165, 1.54) is 6.26 Å². The van der Waals surface area contributed by atoms with Gasteiger partial charge in [-0.05, 0) is 13.0 Å². The second kappa shape index (κ2) is 5.34. The molecule has 0 atom stereocenters. The van der Waals surface area contributed by atoms with Gasteiger partial charge in [-0.2, -0.15) is 5.48 Å². The monoisotopic (exact) mass is 129 g/mol. The fourth-order valence-electron chi connectivity index (χ4n) is 0.397. The van der Waals surface area contributed by atoms with Crippen LogP contribution in [0.25, 0.3) is 0 Å². The maximum absolute atomic E-state index is 8.19. The SMILES string of the molecule is C=CO/C(=C\C)CNO. The Morgan fingerprint density at radius 3 is 2.89 bits per heavy atom. The molecule has 0 aliphatic heterocycles. The van der Waals surface area contributed by atoms with Crippen molar-refractivity contribution in [1.29, 1.82) is 0 Å². The fraction of sp³-hybridized carbons (Fsp3) is 0.333. The van der Waals surface area contributed by atoms with Gasteiger partial charge in [0, 0.05) is 0 Å². The average molecular weight is 129 g/mol. The largest absolute Gasteiger partial charge is 0.469 e. The van der Waals surface area contributed by atoms with Gasteiger partial charge in [0.15, 0.2) is 0 Å². The van der Waals surface area contributed by atoms with Crippen molar-refractivity contribution in [3.05, 3.63) is 24.7 Å². The normalized spacial score (nSPS) is 11.1. The Hall–Kier alpha value is -0.800. The van der Waals surface area contributed by atoms with Gasteiger partial charge in [0.25, 0.3) is 0 Å². The quantitative estimate of drug-likeness (QED) is 0.440. The van der Waals surface area contributed by atoms with Crippen LogP contribution in [0, 0.1) is 0 Å². The minimum atomic E-state index is 0.308. The predicted octanol–water partition coefficient (Wildman–Crippen LogP) is 1.03. The van der Waals surface area contributed by atoms with Gasteiger partial charge < -0.3 is 9.94 Å². The molecule has 0 radical (unpaired) electrons. The zero-order valence-corrected chi connectivity index (χ0v) is 5.42. The average Bonchev–Trinajstić information content (AvgIpc) is 1.88. The molecule has 0 spiro atoms. The lowest BCUT2D eigenvalue weighted by molar-refractivity contribution is 0.159. The first-order valence-electron chi connectivity index (χ1n) is 2.64. The number of hydrogen-bond donors (Lipinski definition) is 2. The molecular weight excluding hydrogens is 118 g/mol. The Morgan fingerprint density at radius 2 is 2.56 bits per heavy atom. The van der Waals surface area contributed by atoms with E-state index >= 15 is 0 Å². The van der Waals surface area contributed by atoms with Crippen molar-refractivity contribution in [2.24, 2.45) is 0 Å². The van der Waals surface area contributed by atoms with Gasteiger partial charge in [-0.1, -0.05) is 6.58 Å². The molecule has 0 saturated carbocycles. The van der Waals surface area contributed by atoms with Gasteiger partial charge in [-0.3, -0.25) is 0 Å². The van der Waals surface area contributed by atoms with Crippen molar-refractivity contribution in [1.82, 2.24) is 5.48 Å². The van der Waals surface area contributed by atoms with Crippen LogP contribution in [-0.2, 0) is 4.74 Å². The van der Waals surface area contributed by atoms with E-state index in [9.17, 15) is 0 Å². The molecule has 0 rings (SSSR count). The molecule has 0 heterocycles. The lowest BCUT2D eigenvalue weighted by Crippen LogP contribution is -2.11. The second-order valence-electron chi connectivity index (χ2n) is 1.37. The molecule has 0 aromatic heterocycles. The first-order chi connectivity index (χ1) is 4.35. The lowest BCUT2D eigenvalue weighted by atomic mass is 10.5. The molecule has 0 unspecified atom stereocenters. The molecule has 0 aliphatic rings. The van der Waals surface area contributed by atoms with E-state index in [1.54, 1.807) is 6.08 Å². The zero-order chi connectivity index (χ0) is 7.11. The number of hydrogen-bond acceptors (Lipinski definition) is 3. The van der Waals surface area contributed by atoms with E-state index < -0.39 is 0 Å². The minimum Gasteiger partial charge on any atom is -0.469 e. The summed E-state index contributed by atoms with van der Waals surface area (Å²) in [6.45, 7) is 5.48. The van der Waals surface area contributed by atoms with E-state index in [4.69, 9.17) is 9.94 Å². The molecule has 0 bridgehead atoms. The van der Waals surface area contributed by atoms with Crippen LogP contribution in [0.4, 0.5) is 0 Å². The molecule has 3 heteroatoms. The summed E-state index contributed by atoms with van der Waals surface area (Å²) in [6, 6.07) is 0. The van der Waals surface area contributed by atoms with Crippen LogP contribution in [0.15, 0.2) is 24.7 Å². The van der Waals surface area contributed by atoms with Crippen LogP contribution in [0.3, 0.4) is 0 Å². The Bertz CT molecular complexity index is 110. The molecule has 2 N–H and O–H groups in total. The Kier molecular flexibility index (Phi) is 4.86. The lowest BCUT2D eigenvalue weighted by Gasteiger charge is -2.01. The van der Waals surface area contributed by atoms with E-state index in [-0.39, 0.29) is 0 Å². The van der Waals surface area contributed by atoms with Crippen molar-refractivity contribution in [2.75, 3.05) is 6.54 Å². The maximum atomic E-state index is 8.19. The molecule has 0 aromatic carbocycles. The van der Waals surface area contributed by atoms with Crippen molar-refractivity contribution in [2.45, 2.75) is 6.92 Å². The van der Waals surface area contributed by atoms with Crippen molar-refractivity contribution < 1.29 is 9.94 Å². The summed E-state index contributed by atoms with van der Waals surface area (Å²) in [5, 5.41) is 8.19. The summed E-state index contributed by atoms with van der Waals surface area (Å²) in [5.41, 5.74) is 1.96. The Labute approximate surface area is 54.6 Å². The Morgan fingerprint density at radius 1 is 1.89 bits per heavy atom. The van der Waals surface area contributed by atoms with Crippen LogP contribution >= 0.6 is 0 Å². The molecule has 3 nitrogen and oxygen atoms in total. The van der Waals surface area contributed by atoms with Crippen LogP contribution in [-0.4, -0.2) is 11.8 Å². The smallest absolute Gasteiger partial charge is 0.115 e. The molecule has 9 heavy (non-hydrogen) atoms. The van der Waals surface area contributed by atoms with E-state index in [2.05, 4.69) is 6.58 Å². The van der Waals surface area contributed by atoms with Gasteiger partial charge in [0.05, 0.1) is 12.8 Å². The molecule has 0 amide bonds. The topological polar surface area (TPSA) is 41.5 Å². The van der Waals surface area contributed by atoms with Gasteiger partial charge in [0.1, 0.15) is 5.76 Å². The van der Waals surface area contributed by atoms with Gasteiger partial charge in [-0.25, -0.2) is 0 Å². The van der Waals surface area contributed by atoms with Gasteiger partial charge in [0.2, 0.25) is 0 Å². The van der Waals surface area contributed by atoms with Crippen LogP contribution in [0.2, 0.25) is 0 Å². The van der Waals surface area contributed by atoms with E-state index in [1.807, 2.05) is 12.4 Å². The highest BCUT2D eigenvalue weighted by Crippen LogP contribution is 1.93. The van der Waals surface area contributed by atoms with Crippen molar-refractivity contribution in [3.63, 3.8) is 0 Å². The summed E-state index contributed by atoms with van der Waals surface area (Å²) in [4.78, 5) is 0. The first kappa shape index (κ1) is 8.20. The van der Waals surface area contributed by atoms with Gasteiger partial charge in [-0.15, -0.1) is 0 Å². The molecular formula is C6H11NO2. The highest BCUT2D eigenvalue weighted by molar-refractivity contribution is 4.93. The maximum Gasteiger partial charge on any atom is 0.115 e. The zero-order valence-electron chi connectivity index (χ0n) is 5.42. The summed E-state index contributed by atoms with van der Waals surface area (Å²) < 4.78 is 4.83. The second-order valence-corrected chi connectivity index (χ2v) is 1.37. The third kappa shape index (κ3) is 3.76. The van der Waals surface area contributed by atoms with E-state index in [0.717, 1.165) is 0 Å². The number of nitrogens with one attached hydrogen (secondary N) is 1. The van der Waals surface area contributed by atoms with Gasteiger partial charge >= 0.3 is 0 Å². The Balaban J connectivity index is 3.55. The summed E-state index contributed by atoms with van der Waals surface area (Å²) in [5.74, 6) is 0.646. The molecule has 0 fully saturated rings. The predicted molar refractivity (Wildman–Crippen MR) is 34.8 cm³/mol. The molecule has 0 aliphatic carbocycles. The third-order valence-electron chi connectivity index (χ3n) is 0.810.